The van der Waals surface area contributed by atoms with Crippen LogP contribution in [-0.2, 0) is 5.41 Å². The molecular formula is C34H32FN3OS. The third kappa shape index (κ3) is 5.60. The van der Waals surface area contributed by atoms with E-state index in [1.807, 2.05) is 36.1 Å². The number of aromatic nitrogens is 1. The van der Waals surface area contributed by atoms with Crippen molar-refractivity contribution in [3.63, 3.8) is 0 Å². The Kier molecular flexibility index (Phi) is 7.55. The summed E-state index contributed by atoms with van der Waals surface area (Å²) in [7, 11) is 0. The van der Waals surface area contributed by atoms with E-state index in [1.165, 1.54) is 23.3 Å². The highest BCUT2D eigenvalue weighted by atomic mass is 32.2. The van der Waals surface area contributed by atoms with Crippen molar-refractivity contribution in [2.45, 2.75) is 35.0 Å². The van der Waals surface area contributed by atoms with Crippen LogP contribution in [0.2, 0.25) is 0 Å². The zero-order valence-corrected chi connectivity index (χ0v) is 23.4. The molecule has 3 aromatic carbocycles. The summed E-state index contributed by atoms with van der Waals surface area (Å²) in [6, 6.07) is 27.1. The van der Waals surface area contributed by atoms with Gasteiger partial charge in [0, 0.05) is 51.4 Å². The number of fused-ring (bicyclic) bond motifs is 2. The molecule has 1 saturated heterocycles. The van der Waals surface area contributed by atoms with Crippen molar-refractivity contribution >= 4 is 29.4 Å². The lowest BCUT2D eigenvalue weighted by molar-refractivity contribution is 0.0977. The Morgan fingerprint density at radius 1 is 0.975 bits per heavy atom. The number of likely N-dealkylation sites (tertiary alicyclic amines) is 1. The van der Waals surface area contributed by atoms with Crippen LogP contribution in [0.5, 0.6) is 0 Å². The minimum absolute atomic E-state index is 0.0239. The third-order valence-corrected chi connectivity index (χ3v) is 9.01. The molecule has 40 heavy (non-hydrogen) atoms. The molecular weight excluding hydrogens is 517 g/mol. The highest BCUT2D eigenvalue weighted by molar-refractivity contribution is 7.99. The van der Waals surface area contributed by atoms with E-state index >= 15 is 0 Å². The Morgan fingerprint density at radius 2 is 1.73 bits per heavy atom. The van der Waals surface area contributed by atoms with Gasteiger partial charge in [0.1, 0.15) is 5.82 Å². The summed E-state index contributed by atoms with van der Waals surface area (Å²) >= 11 is 1.63. The normalized spacial score (nSPS) is 16.5. The second kappa shape index (κ2) is 11.4. The van der Waals surface area contributed by atoms with E-state index in [2.05, 4.69) is 64.5 Å². The zero-order valence-electron chi connectivity index (χ0n) is 22.6. The number of nitrogens with zero attached hydrogens (tertiary/aromatic N) is 3. The Morgan fingerprint density at radius 3 is 2.48 bits per heavy atom. The van der Waals surface area contributed by atoms with Crippen LogP contribution in [0.1, 0.15) is 40.0 Å². The topological polar surface area (TPSA) is 36.4 Å². The van der Waals surface area contributed by atoms with Crippen molar-refractivity contribution in [3.8, 4) is 0 Å². The maximum absolute atomic E-state index is 13.8. The predicted molar refractivity (Wildman–Crippen MR) is 160 cm³/mol. The van der Waals surface area contributed by atoms with Crippen LogP contribution in [0.3, 0.4) is 0 Å². The summed E-state index contributed by atoms with van der Waals surface area (Å²) in [5.74, 6) is -0.209. The number of halogens is 1. The predicted octanol–water partition coefficient (Wildman–Crippen LogP) is 7.39. The van der Waals surface area contributed by atoms with Gasteiger partial charge in [-0.1, -0.05) is 54.2 Å². The first-order chi connectivity index (χ1) is 19.5. The Balaban J connectivity index is 1.25. The minimum atomic E-state index is -0.233. The SMILES string of the molecule is Cc1cc(C(=O)N2CC3(CCN(C/C=C/c4ccccc4)CC3)c3cc(Sc4ccc(F)cc4)ccc32)ccn1. The van der Waals surface area contributed by atoms with Gasteiger partial charge in [-0.2, -0.15) is 0 Å². The molecule has 6 rings (SSSR count). The number of carbonyl (C=O) groups excluding carboxylic acids is 1. The van der Waals surface area contributed by atoms with Crippen LogP contribution in [0, 0.1) is 12.7 Å². The molecule has 1 fully saturated rings. The molecule has 3 heterocycles. The number of carbonyl (C=O) groups is 1. The first kappa shape index (κ1) is 26.5. The molecule has 0 aliphatic carbocycles. The summed E-state index contributed by atoms with van der Waals surface area (Å²) in [5.41, 5.74) is 4.88. The largest absolute Gasteiger partial charge is 0.307 e. The van der Waals surface area contributed by atoms with E-state index in [1.54, 1.807) is 24.0 Å². The molecule has 0 atom stereocenters. The standard InChI is InChI=1S/C34H32FN3OS/c1-25-22-27(15-18-36-25)33(39)38-24-34(16-20-37(21-17-34)19-5-8-26-6-3-2-4-7-26)31-23-30(13-14-32(31)38)40-29-11-9-28(35)10-12-29/h2-15,18,22-23H,16-17,19-21,24H2,1H3/b8-5+. The summed E-state index contributed by atoms with van der Waals surface area (Å²) < 4.78 is 13.5. The fourth-order valence-corrected chi connectivity index (χ4v) is 6.72. The van der Waals surface area contributed by atoms with Gasteiger partial charge in [-0.25, -0.2) is 4.39 Å². The second-order valence-electron chi connectivity index (χ2n) is 10.7. The molecule has 0 N–H and O–H groups in total. The zero-order chi connectivity index (χ0) is 27.5. The quantitative estimate of drug-likeness (QED) is 0.251. The molecule has 202 valence electrons. The molecule has 1 spiro atoms. The molecule has 1 amide bonds. The molecule has 0 saturated carbocycles. The molecule has 4 nitrogen and oxygen atoms in total. The molecule has 0 bridgehead atoms. The molecule has 1 aromatic heterocycles. The maximum atomic E-state index is 13.8. The highest BCUT2D eigenvalue weighted by Crippen LogP contribution is 2.49. The van der Waals surface area contributed by atoms with Crippen molar-refractivity contribution in [1.82, 2.24) is 9.88 Å². The average Bonchev–Trinajstić information content (AvgIpc) is 3.28. The van der Waals surface area contributed by atoms with Crippen molar-refractivity contribution in [2.75, 3.05) is 31.1 Å². The van der Waals surface area contributed by atoms with Crippen LogP contribution in [0.15, 0.2) is 107 Å². The number of hydrogen-bond acceptors (Lipinski definition) is 4. The number of rotatable bonds is 6. The van der Waals surface area contributed by atoms with Gasteiger partial charge in [-0.3, -0.25) is 14.7 Å². The lowest BCUT2D eigenvalue weighted by Crippen LogP contribution is -2.46. The molecule has 0 unspecified atom stereocenters. The number of benzene rings is 3. The third-order valence-electron chi connectivity index (χ3n) is 8.02. The van der Waals surface area contributed by atoms with Crippen LogP contribution in [-0.4, -0.2) is 42.0 Å². The summed E-state index contributed by atoms with van der Waals surface area (Å²) in [4.78, 5) is 24.6. The van der Waals surface area contributed by atoms with Gasteiger partial charge in [-0.05, 0) is 98.6 Å². The molecule has 2 aliphatic heterocycles. The lowest BCUT2D eigenvalue weighted by Gasteiger charge is -2.39. The average molecular weight is 550 g/mol. The number of hydrogen-bond donors (Lipinski definition) is 0. The summed E-state index contributed by atoms with van der Waals surface area (Å²) in [5, 5.41) is 0. The van der Waals surface area contributed by atoms with Gasteiger partial charge in [-0.15, -0.1) is 0 Å². The fourth-order valence-electron chi connectivity index (χ4n) is 5.86. The Bertz CT molecular complexity index is 1530. The number of amides is 1. The first-order valence-corrected chi connectivity index (χ1v) is 14.6. The Labute approximate surface area is 239 Å². The molecule has 2 aliphatic rings. The lowest BCUT2D eigenvalue weighted by atomic mass is 9.74. The number of pyridine rings is 1. The van der Waals surface area contributed by atoms with Gasteiger partial charge in [0.2, 0.25) is 0 Å². The first-order valence-electron chi connectivity index (χ1n) is 13.8. The van der Waals surface area contributed by atoms with Crippen molar-refractivity contribution < 1.29 is 9.18 Å². The molecule has 4 aromatic rings. The number of anilines is 1. The highest BCUT2D eigenvalue weighted by Gasteiger charge is 2.46. The van der Waals surface area contributed by atoms with E-state index in [9.17, 15) is 9.18 Å². The Hall–Kier alpha value is -3.74. The van der Waals surface area contributed by atoms with Crippen LogP contribution in [0.4, 0.5) is 10.1 Å². The van der Waals surface area contributed by atoms with Gasteiger partial charge in [0.15, 0.2) is 0 Å². The summed E-state index contributed by atoms with van der Waals surface area (Å²) in [6.45, 7) is 5.46. The van der Waals surface area contributed by atoms with Gasteiger partial charge in [0.25, 0.3) is 5.91 Å². The van der Waals surface area contributed by atoms with Gasteiger partial charge < -0.3 is 4.90 Å². The van der Waals surface area contributed by atoms with Gasteiger partial charge >= 0.3 is 0 Å². The van der Waals surface area contributed by atoms with Crippen molar-refractivity contribution in [2.24, 2.45) is 0 Å². The van der Waals surface area contributed by atoms with E-state index in [0.717, 1.165) is 53.6 Å². The van der Waals surface area contributed by atoms with Crippen LogP contribution in [0.25, 0.3) is 6.08 Å². The van der Waals surface area contributed by atoms with Crippen molar-refractivity contribution in [3.05, 3.63) is 125 Å². The molecule has 0 radical (unpaired) electrons. The number of aryl methyl sites for hydroxylation is 1. The maximum Gasteiger partial charge on any atom is 0.258 e. The monoisotopic (exact) mass is 549 g/mol. The van der Waals surface area contributed by atoms with Crippen molar-refractivity contribution in [1.29, 1.82) is 0 Å². The fraction of sp³-hybridized carbons (Fsp3) is 0.235. The van der Waals surface area contributed by atoms with Crippen LogP contribution >= 0.6 is 11.8 Å². The molecule has 6 heteroatoms. The summed E-state index contributed by atoms with van der Waals surface area (Å²) in [6.07, 6.45) is 8.12. The minimum Gasteiger partial charge on any atom is -0.307 e. The van der Waals surface area contributed by atoms with E-state index in [0.29, 0.717) is 12.1 Å². The smallest absolute Gasteiger partial charge is 0.258 e. The van der Waals surface area contributed by atoms with E-state index < -0.39 is 0 Å². The van der Waals surface area contributed by atoms with E-state index in [-0.39, 0.29) is 17.1 Å². The number of piperidine rings is 1. The van der Waals surface area contributed by atoms with Gasteiger partial charge in [0.05, 0.1) is 0 Å². The van der Waals surface area contributed by atoms with Crippen LogP contribution < -0.4 is 4.90 Å². The van der Waals surface area contributed by atoms with E-state index in [4.69, 9.17) is 0 Å². The second-order valence-corrected chi connectivity index (χ2v) is 11.9.